The summed E-state index contributed by atoms with van der Waals surface area (Å²) in [5, 5.41) is 0.629. The molecule has 0 saturated carbocycles. The van der Waals surface area contributed by atoms with Gasteiger partial charge in [0.2, 0.25) is 0 Å². The van der Waals surface area contributed by atoms with Crippen molar-refractivity contribution in [3.05, 3.63) is 29.6 Å². The highest BCUT2D eigenvalue weighted by Crippen LogP contribution is 2.11. The van der Waals surface area contributed by atoms with Crippen LogP contribution in [0.15, 0.2) is 18.5 Å². The number of alkyl halides is 1. The van der Waals surface area contributed by atoms with Gasteiger partial charge in [-0.3, -0.25) is 4.98 Å². The van der Waals surface area contributed by atoms with Gasteiger partial charge in [-0.25, -0.2) is 4.79 Å². The first-order chi connectivity index (χ1) is 6.29. The molecule has 3 nitrogen and oxygen atoms in total. The minimum atomic E-state index is -0.315. The van der Waals surface area contributed by atoms with Crippen LogP contribution in [0, 0.1) is 0 Å². The van der Waals surface area contributed by atoms with Crippen LogP contribution in [-0.4, -0.2) is 17.6 Å². The first kappa shape index (κ1) is 13.6. The molecule has 0 amide bonds. The molecule has 0 fully saturated rings. The molecule has 1 aromatic rings. The first-order valence-corrected chi connectivity index (χ1v) is 5.07. The minimum absolute atomic E-state index is 0. The van der Waals surface area contributed by atoms with Gasteiger partial charge in [-0.15, -0.1) is 17.0 Å². The Hall–Kier alpha value is -0.420. The van der Waals surface area contributed by atoms with E-state index in [1.165, 1.54) is 6.20 Å². The van der Waals surface area contributed by atoms with E-state index in [9.17, 15) is 4.79 Å². The van der Waals surface area contributed by atoms with E-state index >= 15 is 0 Å². The monoisotopic (exact) mass is 323 g/mol. The van der Waals surface area contributed by atoms with E-state index in [1.807, 2.05) is 0 Å². The summed E-state index contributed by atoms with van der Waals surface area (Å²) < 4.78 is 4.87. The summed E-state index contributed by atoms with van der Waals surface area (Å²) in [5.41, 5.74) is 1.43. The Labute approximate surface area is 102 Å². The Bertz CT molecular complexity index is 305. The molecule has 0 radical (unpaired) electrons. The van der Waals surface area contributed by atoms with Crippen molar-refractivity contribution in [1.29, 1.82) is 0 Å². The van der Waals surface area contributed by atoms with Crippen molar-refractivity contribution >= 4 is 38.9 Å². The summed E-state index contributed by atoms with van der Waals surface area (Å²) in [6.07, 6.45) is 3.17. The van der Waals surface area contributed by atoms with E-state index in [1.54, 1.807) is 19.2 Å². The molecule has 0 atom stereocenters. The number of halogens is 2. The van der Waals surface area contributed by atoms with Gasteiger partial charge >= 0.3 is 5.97 Å². The average Bonchev–Trinajstić information content (AvgIpc) is 2.18. The van der Waals surface area contributed by atoms with Gasteiger partial charge in [-0.2, -0.15) is 0 Å². The lowest BCUT2D eigenvalue weighted by Gasteiger charge is -2.04. The summed E-state index contributed by atoms with van der Waals surface area (Å²) in [6.45, 7) is 2.16. The third kappa shape index (κ3) is 3.38. The third-order valence-electron chi connectivity index (χ3n) is 1.55. The maximum Gasteiger partial charge on any atom is 0.340 e. The molecule has 0 unspecified atom stereocenters. The Balaban J connectivity index is 0.00000169. The number of hydrogen-bond acceptors (Lipinski definition) is 3. The number of ether oxygens (including phenoxy) is 1. The van der Waals surface area contributed by atoms with Crippen LogP contribution in [-0.2, 0) is 10.1 Å². The summed E-state index contributed by atoms with van der Waals surface area (Å²) in [5.74, 6) is -0.315. The third-order valence-corrected chi connectivity index (χ3v) is 2.15. The number of hydrogen-bond donors (Lipinski definition) is 0. The number of nitrogens with zero attached hydrogens (tertiary/aromatic N) is 1. The summed E-state index contributed by atoms with van der Waals surface area (Å²) in [4.78, 5) is 15.2. The lowest BCUT2D eigenvalue weighted by atomic mass is 10.2. The molecule has 1 heterocycles. The van der Waals surface area contributed by atoms with Gasteiger partial charge in [0.15, 0.2) is 0 Å². The molecular formula is C9H11Br2NO2. The average molecular weight is 325 g/mol. The smallest absolute Gasteiger partial charge is 0.340 e. The molecule has 1 rings (SSSR count). The second-order valence-electron chi connectivity index (χ2n) is 2.39. The van der Waals surface area contributed by atoms with Crippen LogP contribution in [0.3, 0.4) is 0 Å². The second-order valence-corrected chi connectivity index (χ2v) is 2.95. The first-order valence-electron chi connectivity index (χ1n) is 3.95. The van der Waals surface area contributed by atoms with Crippen LogP contribution in [0.25, 0.3) is 0 Å². The highest BCUT2D eigenvalue weighted by Gasteiger charge is 2.10. The van der Waals surface area contributed by atoms with Crippen LogP contribution >= 0.6 is 32.9 Å². The highest BCUT2D eigenvalue weighted by molar-refractivity contribution is 9.08. The highest BCUT2D eigenvalue weighted by atomic mass is 79.9. The zero-order valence-electron chi connectivity index (χ0n) is 7.70. The summed E-state index contributed by atoms with van der Waals surface area (Å²) >= 11 is 3.29. The number of carbonyl (C=O) groups is 1. The number of esters is 1. The lowest BCUT2D eigenvalue weighted by molar-refractivity contribution is 0.0525. The number of carbonyl (C=O) groups excluding carboxylic acids is 1. The Morgan fingerprint density at radius 3 is 2.93 bits per heavy atom. The molecule has 14 heavy (non-hydrogen) atoms. The topological polar surface area (TPSA) is 39.2 Å². The summed E-state index contributed by atoms with van der Waals surface area (Å²) in [6, 6.07) is 1.79. The quantitative estimate of drug-likeness (QED) is 0.634. The van der Waals surface area contributed by atoms with Crippen LogP contribution in [0.5, 0.6) is 0 Å². The number of rotatable bonds is 3. The SMILES string of the molecule is Br.CCOC(=O)c1cnccc1CBr. The molecule has 0 N–H and O–H groups in total. The molecular weight excluding hydrogens is 314 g/mol. The normalized spacial score (nSPS) is 9.00. The minimum Gasteiger partial charge on any atom is -0.462 e. The standard InChI is InChI=1S/C9H10BrNO2.BrH/c1-2-13-9(12)8-6-11-4-3-7(8)5-10;/h3-4,6H,2,5H2,1H3;1H. The Morgan fingerprint density at radius 2 is 2.36 bits per heavy atom. The van der Waals surface area contributed by atoms with Gasteiger partial charge in [0.05, 0.1) is 12.2 Å². The van der Waals surface area contributed by atoms with Gasteiger partial charge in [-0.1, -0.05) is 15.9 Å². The zero-order valence-corrected chi connectivity index (χ0v) is 11.0. The zero-order chi connectivity index (χ0) is 9.68. The second kappa shape index (κ2) is 6.95. The molecule has 1 aromatic heterocycles. The van der Waals surface area contributed by atoms with Crippen LogP contribution in [0.4, 0.5) is 0 Å². The molecule has 0 aliphatic heterocycles. The van der Waals surface area contributed by atoms with E-state index < -0.39 is 0 Å². The van der Waals surface area contributed by atoms with Crippen molar-refractivity contribution in [1.82, 2.24) is 4.98 Å². The molecule has 0 saturated heterocycles. The number of pyridine rings is 1. The number of aromatic nitrogens is 1. The molecule has 0 spiro atoms. The maximum atomic E-state index is 11.3. The summed E-state index contributed by atoms with van der Waals surface area (Å²) in [7, 11) is 0. The van der Waals surface area contributed by atoms with Crippen molar-refractivity contribution in [2.45, 2.75) is 12.3 Å². The fourth-order valence-corrected chi connectivity index (χ4v) is 1.42. The largest absolute Gasteiger partial charge is 0.462 e. The van der Waals surface area contributed by atoms with Crippen molar-refractivity contribution < 1.29 is 9.53 Å². The van der Waals surface area contributed by atoms with E-state index in [2.05, 4.69) is 20.9 Å². The molecule has 5 heteroatoms. The predicted octanol–water partition coefficient (Wildman–Crippen LogP) is 2.73. The van der Waals surface area contributed by atoms with Crippen LogP contribution in [0.2, 0.25) is 0 Å². The molecule has 0 aliphatic carbocycles. The van der Waals surface area contributed by atoms with E-state index in [0.717, 1.165) is 5.56 Å². The molecule has 78 valence electrons. The maximum absolute atomic E-state index is 11.3. The lowest BCUT2D eigenvalue weighted by Crippen LogP contribution is -2.07. The Kier molecular flexibility index (Phi) is 6.74. The van der Waals surface area contributed by atoms with Crippen molar-refractivity contribution in [2.75, 3.05) is 6.61 Å². The Morgan fingerprint density at radius 1 is 1.64 bits per heavy atom. The van der Waals surface area contributed by atoms with Gasteiger partial charge in [0, 0.05) is 17.7 Å². The molecule has 0 aromatic carbocycles. The van der Waals surface area contributed by atoms with Crippen LogP contribution in [0.1, 0.15) is 22.8 Å². The van der Waals surface area contributed by atoms with Gasteiger partial charge in [0.25, 0.3) is 0 Å². The molecule has 0 aliphatic rings. The fraction of sp³-hybridized carbons (Fsp3) is 0.333. The fourth-order valence-electron chi connectivity index (χ4n) is 0.932. The van der Waals surface area contributed by atoms with Crippen molar-refractivity contribution in [3.63, 3.8) is 0 Å². The van der Waals surface area contributed by atoms with E-state index in [-0.39, 0.29) is 23.0 Å². The molecule has 0 bridgehead atoms. The predicted molar refractivity (Wildman–Crippen MR) is 63.1 cm³/mol. The van der Waals surface area contributed by atoms with E-state index in [4.69, 9.17) is 4.74 Å². The van der Waals surface area contributed by atoms with E-state index in [0.29, 0.717) is 17.5 Å². The van der Waals surface area contributed by atoms with Crippen molar-refractivity contribution in [3.8, 4) is 0 Å². The van der Waals surface area contributed by atoms with Crippen molar-refractivity contribution in [2.24, 2.45) is 0 Å². The van der Waals surface area contributed by atoms with Crippen LogP contribution < -0.4 is 0 Å². The van der Waals surface area contributed by atoms with Gasteiger partial charge < -0.3 is 4.74 Å². The van der Waals surface area contributed by atoms with Gasteiger partial charge in [-0.05, 0) is 18.6 Å². The van der Waals surface area contributed by atoms with Gasteiger partial charge in [0.1, 0.15) is 0 Å².